The van der Waals surface area contributed by atoms with Crippen molar-refractivity contribution in [3.8, 4) is 0 Å². The van der Waals surface area contributed by atoms with E-state index in [9.17, 15) is 26.8 Å². The van der Waals surface area contributed by atoms with E-state index in [-0.39, 0.29) is 10.6 Å². The molecule has 3 rings (SSSR count). The molecule has 2 aromatic carbocycles. The summed E-state index contributed by atoms with van der Waals surface area (Å²) >= 11 is 0. The number of benzene rings is 2. The number of amides is 2. The molecule has 0 radical (unpaired) electrons. The highest BCUT2D eigenvalue weighted by atomic mass is 32.2. The zero-order valence-electron chi connectivity index (χ0n) is 18.5. The van der Waals surface area contributed by atoms with Crippen LogP contribution in [0.3, 0.4) is 0 Å². The number of anilines is 1. The first-order valence-corrected chi connectivity index (χ1v) is 12.2. The van der Waals surface area contributed by atoms with Crippen LogP contribution in [0.15, 0.2) is 47.4 Å². The van der Waals surface area contributed by atoms with Gasteiger partial charge in [0.2, 0.25) is 15.9 Å². The Morgan fingerprint density at radius 2 is 1.58 bits per heavy atom. The highest BCUT2D eigenvalue weighted by Gasteiger charge is 2.29. The summed E-state index contributed by atoms with van der Waals surface area (Å²) in [5, 5.41) is 4.97. The van der Waals surface area contributed by atoms with Crippen molar-refractivity contribution < 1.29 is 26.8 Å². The minimum Gasteiger partial charge on any atom is -0.340 e. The fraction of sp³-hybridized carbons (Fsp3) is 0.391. The molecular weight excluding hydrogens is 452 g/mol. The number of carbonyl (C=O) groups excluding carboxylic acids is 2. The van der Waals surface area contributed by atoms with Crippen molar-refractivity contribution in [2.24, 2.45) is 5.92 Å². The quantitative estimate of drug-likeness (QED) is 0.635. The lowest BCUT2D eigenvalue weighted by Gasteiger charge is -2.26. The molecule has 1 atom stereocenters. The molecule has 0 aliphatic carbocycles. The summed E-state index contributed by atoms with van der Waals surface area (Å²) in [4.78, 5) is 25.4. The standard InChI is InChI=1S/C23H27F2N3O4S/c1-15(2)21(27-22(29)20-18(24)10-7-11-19(20)25)23(30)26-16-8-6-9-17(14-16)33(31,32)28-12-4-3-5-13-28/h6-11,14-15,21H,3-5,12-13H2,1-2H3,(H,26,30)(H,27,29). The highest BCUT2D eigenvalue weighted by Crippen LogP contribution is 2.23. The van der Waals surface area contributed by atoms with Crippen molar-refractivity contribution in [3.05, 3.63) is 59.7 Å². The number of piperidine rings is 1. The molecule has 1 fully saturated rings. The Morgan fingerprint density at radius 1 is 0.970 bits per heavy atom. The summed E-state index contributed by atoms with van der Waals surface area (Å²) in [6.45, 7) is 4.24. The molecule has 2 amide bonds. The van der Waals surface area contributed by atoms with Crippen LogP contribution < -0.4 is 10.6 Å². The fourth-order valence-electron chi connectivity index (χ4n) is 3.67. The summed E-state index contributed by atoms with van der Waals surface area (Å²) in [7, 11) is -3.69. The van der Waals surface area contributed by atoms with Gasteiger partial charge in [0, 0.05) is 18.8 Å². The van der Waals surface area contributed by atoms with Crippen molar-refractivity contribution in [2.45, 2.75) is 44.0 Å². The van der Waals surface area contributed by atoms with Crippen LogP contribution in [0.2, 0.25) is 0 Å². The maximum Gasteiger partial charge on any atom is 0.257 e. The van der Waals surface area contributed by atoms with Crippen molar-refractivity contribution in [2.75, 3.05) is 18.4 Å². The second-order valence-corrected chi connectivity index (χ2v) is 10.2. The van der Waals surface area contributed by atoms with Crippen LogP contribution in [0.1, 0.15) is 43.5 Å². The Hall–Kier alpha value is -2.85. The largest absolute Gasteiger partial charge is 0.340 e. The average molecular weight is 480 g/mol. The van der Waals surface area contributed by atoms with Gasteiger partial charge < -0.3 is 10.6 Å². The van der Waals surface area contributed by atoms with E-state index in [1.54, 1.807) is 13.8 Å². The molecule has 1 heterocycles. The zero-order chi connectivity index (χ0) is 24.2. The van der Waals surface area contributed by atoms with Crippen molar-refractivity contribution in [3.63, 3.8) is 0 Å². The third-order valence-electron chi connectivity index (χ3n) is 5.48. The minimum absolute atomic E-state index is 0.0563. The van der Waals surface area contributed by atoms with Gasteiger partial charge in [0.15, 0.2) is 0 Å². The Balaban J connectivity index is 1.77. The van der Waals surface area contributed by atoms with E-state index in [1.165, 1.54) is 28.6 Å². The number of halogens is 2. The topological polar surface area (TPSA) is 95.6 Å². The molecule has 178 valence electrons. The molecule has 0 bridgehead atoms. The van der Waals surface area contributed by atoms with Gasteiger partial charge in [0.1, 0.15) is 23.2 Å². The van der Waals surface area contributed by atoms with E-state index in [0.717, 1.165) is 37.5 Å². The maximum atomic E-state index is 13.9. The predicted octanol–water partition coefficient (Wildman–Crippen LogP) is 3.53. The van der Waals surface area contributed by atoms with Gasteiger partial charge >= 0.3 is 0 Å². The van der Waals surface area contributed by atoms with E-state index in [1.807, 2.05) is 0 Å². The highest BCUT2D eigenvalue weighted by molar-refractivity contribution is 7.89. The summed E-state index contributed by atoms with van der Waals surface area (Å²) < 4.78 is 55.2. The predicted molar refractivity (Wildman–Crippen MR) is 120 cm³/mol. The van der Waals surface area contributed by atoms with Crippen molar-refractivity contribution in [1.82, 2.24) is 9.62 Å². The molecule has 1 saturated heterocycles. The monoisotopic (exact) mass is 479 g/mol. The Kier molecular flexibility index (Phi) is 7.80. The van der Waals surface area contributed by atoms with Gasteiger partial charge in [-0.25, -0.2) is 17.2 Å². The van der Waals surface area contributed by atoms with E-state index in [4.69, 9.17) is 0 Å². The van der Waals surface area contributed by atoms with Gasteiger partial charge in [-0.2, -0.15) is 4.31 Å². The second-order valence-electron chi connectivity index (χ2n) is 8.27. The van der Waals surface area contributed by atoms with Crippen LogP contribution in [0.4, 0.5) is 14.5 Å². The van der Waals surface area contributed by atoms with Crippen LogP contribution in [-0.2, 0) is 14.8 Å². The number of hydrogen-bond donors (Lipinski definition) is 2. The molecule has 2 aromatic rings. The van der Waals surface area contributed by atoms with Gasteiger partial charge in [0.25, 0.3) is 5.91 Å². The molecule has 0 saturated carbocycles. The Morgan fingerprint density at radius 3 is 2.18 bits per heavy atom. The minimum atomic E-state index is -3.69. The Labute approximate surface area is 192 Å². The fourth-order valence-corrected chi connectivity index (χ4v) is 5.24. The first kappa shape index (κ1) is 24.8. The lowest BCUT2D eigenvalue weighted by Crippen LogP contribution is -2.47. The molecule has 1 unspecified atom stereocenters. The van der Waals surface area contributed by atoms with Gasteiger partial charge in [-0.15, -0.1) is 0 Å². The molecule has 0 aromatic heterocycles. The number of nitrogens with zero attached hydrogens (tertiary/aromatic N) is 1. The van der Waals surface area contributed by atoms with Crippen LogP contribution in [-0.4, -0.2) is 43.7 Å². The number of rotatable bonds is 7. The molecule has 33 heavy (non-hydrogen) atoms. The average Bonchev–Trinajstić information content (AvgIpc) is 2.78. The van der Waals surface area contributed by atoms with Gasteiger partial charge in [0.05, 0.1) is 4.90 Å². The number of nitrogens with one attached hydrogen (secondary N) is 2. The molecule has 1 aliphatic rings. The molecule has 2 N–H and O–H groups in total. The summed E-state index contributed by atoms with van der Waals surface area (Å²) in [6, 6.07) is 7.80. The zero-order valence-corrected chi connectivity index (χ0v) is 19.3. The van der Waals surface area contributed by atoms with Crippen LogP contribution in [0, 0.1) is 17.6 Å². The SMILES string of the molecule is CC(C)C(NC(=O)c1c(F)cccc1F)C(=O)Nc1cccc(S(=O)(=O)N2CCCCC2)c1. The van der Waals surface area contributed by atoms with Gasteiger partial charge in [-0.3, -0.25) is 9.59 Å². The van der Waals surface area contributed by atoms with Gasteiger partial charge in [-0.1, -0.05) is 32.4 Å². The summed E-state index contributed by atoms with van der Waals surface area (Å²) in [5.41, 5.74) is -0.541. The number of sulfonamides is 1. The maximum absolute atomic E-state index is 13.9. The third-order valence-corrected chi connectivity index (χ3v) is 7.37. The molecule has 1 aliphatic heterocycles. The molecule has 7 nitrogen and oxygen atoms in total. The Bertz CT molecular complexity index is 1110. The van der Waals surface area contributed by atoms with Gasteiger partial charge in [-0.05, 0) is 49.1 Å². The number of carbonyl (C=O) groups is 2. The summed E-state index contributed by atoms with van der Waals surface area (Å²) in [5.74, 6) is -4.18. The van der Waals surface area contributed by atoms with Crippen molar-refractivity contribution in [1.29, 1.82) is 0 Å². The number of hydrogen-bond acceptors (Lipinski definition) is 4. The van der Waals surface area contributed by atoms with Crippen LogP contribution in [0.25, 0.3) is 0 Å². The summed E-state index contributed by atoms with van der Waals surface area (Å²) in [6.07, 6.45) is 2.59. The first-order valence-electron chi connectivity index (χ1n) is 10.8. The lowest BCUT2D eigenvalue weighted by atomic mass is 10.0. The van der Waals surface area contributed by atoms with Crippen molar-refractivity contribution >= 4 is 27.5 Å². The second kappa shape index (κ2) is 10.4. The van der Waals surface area contributed by atoms with E-state index < -0.39 is 51.0 Å². The van der Waals surface area contributed by atoms with E-state index in [0.29, 0.717) is 13.1 Å². The normalized spacial score (nSPS) is 15.8. The molecule has 0 spiro atoms. The van der Waals surface area contributed by atoms with E-state index >= 15 is 0 Å². The smallest absolute Gasteiger partial charge is 0.257 e. The van der Waals surface area contributed by atoms with E-state index in [2.05, 4.69) is 10.6 Å². The third kappa shape index (κ3) is 5.75. The molecule has 10 heteroatoms. The molecular formula is C23H27F2N3O4S. The lowest BCUT2D eigenvalue weighted by molar-refractivity contribution is -0.118. The van der Waals surface area contributed by atoms with Crippen LogP contribution in [0.5, 0.6) is 0 Å². The first-order chi connectivity index (χ1) is 15.6. The van der Waals surface area contributed by atoms with Crippen LogP contribution >= 0.6 is 0 Å².